The summed E-state index contributed by atoms with van der Waals surface area (Å²) < 4.78 is 7.49. The van der Waals surface area contributed by atoms with Gasteiger partial charge in [-0.3, -0.25) is 14.7 Å². The molecule has 0 radical (unpaired) electrons. The van der Waals surface area contributed by atoms with Crippen LogP contribution in [-0.2, 0) is 18.4 Å². The van der Waals surface area contributed by atoms with Gasteiger partial charge in [-0.2, -0.15) is 5.10 Å². The first-order valence-corrected chi connectivity index (χ1v) is 9.70. The molecule has 0 bridgehead atoms. The zero-order valence-corrected chi connectivity index (χ0v) is 17.3. The van der Waals surface area contributed by atoms with Crippen LogP contribution < -0.4 is 10.1 Å². The first-order chi connectivity index (χ1) is 13.4. The van der Waals surface area contributed by atoms with E-state index in [-0.39, 0.29) is 17.7 Å². The zero-order chi connectivity index (χ0) is 20.3. The molecular formula is C18H22ClN5O3S. The minimum Gasteiger partial charge on any atom is -0.496 e. The number of aromatic nitrogens is 3. The molecule has 10 heteroatoms. The number of aromatic amines is 1. The number of carbonyl (C=O) groups is 2. The SMILES string of the molecule is COc1ccc(Cl)cc1C(=O)N1CCC(C(=O)NCc2n[nH]c(=S)n2C)CC1. The normalized spacial score (nSPS) is 14.8. The van der Waals surface area contributed by atoms with E-state index in [9.17, 15) is 9.59 Å². The number of H-pyrrole nitrogens is 1. The predicted molar refractivity (Wildman–Crippen MR) is 107 cm³/mol. The van der Waals surface area contributed by atoms with Crippen LogP contribution in [0.1, 0.15) is 29.0 Å². The van der Waals surface area contributed by atoms with E-state index in [0.29, 0.717) is 59.4 Å². The number of likely N-dealkylation sites (tertiary alicyclic amines) is 1. The van der Waals surface area contributed by atoms with Crippen molar-refractivity contribution in [3.63, 3.8) is 0 Å². The maximum atomic E-state index is 12.8. The second kappa shape index (κ2) is 8.74. The lowest BCUT2D eigenvalue weighted by Gasteiger charge is -2.31. The largest absolute Gasteiger partial charge is 0.496 e. The van der Waals surface area contributed by atoms with E-state index < -0.39 is 0 Å². The molecule has 1 aromatic carbocycles. The van der Waals surface area contributed by atoms with E-state index in [1.54, 1.807) is 34.7 Å². The molecule has 2 aromatic rings. The molecule has 1 aliphatic rings. The van der Waals surface area contributed by atoms with Gasteiger partial charge in [0.25, 0.3) is 5.91 Å². The molecule has 1 saturated heterocycles. The quantitative estimate of drug-likeness (QED) is 0.720. The summed E-state index contributed by atoms with van der Waals surface area (Å²) in [6.45, 7) is 1.31. The third kappa shape index (κ3) is 4.36. The molecule has 8 nitrogen and oxygen atoms in total. The molecule has 2 amide bonds. The first-order valence-electron chi connectivity index (χ1n) is 8.91. The van der Waals surface area contributed by atoms with Crippen molar-refractivity contribution in [1.29, 1.82) is 0 Å². The summed E-state index contributed by atoms with van der Waals surface area (Å²) in [5.41, 5.74) is 0.434. The molecule has 150 valence electrons. The van der Waals surface area contributed by atoms with Crippen LogP contribution >= 0.6 is 23.8 Å². The molecular weight excluding hydrogens is 402 g/mol. The molecule has 1 fully saturated rings. The van der Waals surface area contributed by atoms with Gasteiger partial charge in [0.2, 0.25) is 5.91 Å². The number of amides is 2. The van der Waals surface area contributed by atoms with E-state index in [1.165, 1.54) is 7.11 Å². The lowest BCUT2D eigenvalue weighted by atomic mass is 9.95. The van der Waals surface area contributed by atoms with E-state index >= 15 is 0 Å². The van der Waals surface area contributed by atoms with Crippen LogP contribution in [0.15, 0.2) is 18.2 Å². The molecule has 0 unspecified atom stereocenters. The summed E-state index contributed by atoms with van der Waals surface area (Å²) in [7, 11) is 3.31. The van der Waals surface area contributed by atoms with Gasteiger partial charge in [0.1, 0.15) is 5.75 Å². The Kier molecular flexibility index (Phi) is 6.35. The number of hydrogen-bond donors (Lipinski definition) is 2. The maximum absolute atomic E-state index is 12.8. The van der Waals surface area contributed by atoms with Crippen molar-refractivity contribution in [2.24, 2.45) is 13.0 Å². The Bertz CT molecular complexity index is 934. The van der Waals surface area contributed by atoms with E-state index in [4.69, 9.17) is 28.6 Å². The fourth-order valence-electron chi connectivity index (χ4n) is 3.21. The molecule has 0 saturated carbocycles. The number of ether oxygens (including phenoxy) is 1. The standard InChI is InChI=1S/C18H22ClN5O3S/c1-23-15(21-22-18(23)28)10-20-16(25)11-5-7-24(8-6-11)17(26)13-9-12(19)3-4-14(13)27-2/h3-4,9,11H,5-8,10H2,1-2H3,(H,20,25)(H,22,28). The Balaban J connectivity index is 1.56. The van der Waals surface area contributed by atoms with Gasteiger partial charge < -0.3 is 19.5 Å². The molecule has 2 heterocycles. The molecule has 1 aliphatic heterocycles. The van der Waals surface area contributed by atoms with E-state index in [0.717, 1.165) is 0 Å². The number of carbonyl (C=O) groups excluding carboxylic acids is 2. The monoisotopic (exact) mass is 423 g/mol. The molecule has 0 spiro atoms. The molecule has 1 aromatic heterocycles. The van der Waals surface area contributed by atoms with E-state index in [1.807, 2.05) is 0 Å². The zero-order valence-electron chi connectivity index (χ0n) is 15.7. The van der Waals surface area contributed by atoms with Gasteiger partial charge in [-0.05, 0) is 43.3 Å². The number of benzene rings is 1. The number of methoxy groups -OCH3 is 1. The smallest absolute Gasteiger partial charge is 0.257 e. The summed E-state index contributed by atoms with van der Waals surface area (Å²) in [5, 5.41) is 10.1. The highest BCUT2D eigenvalue weighted by Crippen LogP contribution is 2.26. The highest BCUT2D eigenvalue weighted by atomic mass is 35.5. The van der Waals surface area contributed by atoms with E-state index in [2.05, 4.69) is 15.5 Å². The Morgan fingerprint density at radius 3 is 2.71 bits per heavy atom. The van der Waals surface area contributed by atoms with Crippen LogP contribution in [0.3, 0.4) is 0 Å². The lowest BCUT2D eigenvalue weighted by molar-refractivity contribution is -0.126. The Morgan fingerprint density at radius 2 is 2.11 bits per heavy atom. The highest BCUT2D eigenvalue weighted by Gasteiger charge is 2.29. The third-order valence-corrected chi connectivity index (χ3v) is 5.54. The van der Waals surface area contributed by atoms with Gasteiger partial charge in [-0.1, -0.05) is 11.6 Å². The van der Waals surface area contributed by atoms with Gasteiger partial charge in [-0.15, -0.1) is 0 Å². The third-order valence-electron chi connectivity index (χ3n) is 4.94. The molecule has 0 aliphatic carbocycles. The number of nitrogens with one attached hydrogen (secondary N) is 2. The summed E-state index contributed by atoms with van der Waals surface area (Å²) in [6.07, 6.45) is 1.19. The van der Waals surface area contributed by atoms with Crippen LogP contribution in [0.5, 0.6) is 5.75 Å². The predicted octanol–water partition coefficient (Wildman–Crippen LogP) is 2.31. The summed E-state index contributed by atoms with van der Waals surface area (Å²) in [5.74, 6) is 0.833. The van der Waals surface area contributed by atoms with Crippen molar-refractivity contribution in [2.45, 2.75) is 19.4 Å². The highest BCUT2D eigenvalue weighted by molar-refractivity contribution is 7.71. The maximum Gasteiger partial charge on any atom is 0.257 e. The second-order valence-corrected chi connectivity index (χ2v) is 7.46. The number of hydrogen-bond acceptors (Lipinski definition) is 5. The van der Waals surface area contributed by atoms with Gasteiger partial charge in [-0.25, -0.2) is 0 Å². The van der Waals surface area contributed by atoms with Crippen LogP contribution in [0.4, 0.5) is 0 Å². The van der Waals surface area contributed by atoms with Gasteiger partial charge >= 0.3 is 0 Å². The Hall–Kier alpha value is -2.39. The Morgan fingerprint density at radius 1 is 1.39 bits per heavy atom. The fraction of sp³-hybridized carbons (Fsp3) is 0.444. The first kappa shape index (κ1) is 20.3. The minimum absolute atomic E-state index is 0.0404. The summed E-state index contributed by atoms with van der Waals surface area (Å²) in [4.78, 5) is 27.0. The lowest BCUT2D eigenvalue weighted by Crippen LogP contribution is -2.43. The van der Waals surface area contributed by atoms with Crippen LogP contribution in [0, 0.1) is 10.7 Å². The van der Waals surface area contributed by atoms with Gasteiger partial charge in [0.05, 0.1) is 19.2 Å². The van der Waals surface area contributed by atoms with Crippen molar-refractivity contribution in [1.82, 2.24) is 25.0 Å². The average Bonchev–Trinajstić information content (AvgIpc) is 3.03. The number of nitrogens with zero attached hydrogens (tertiary/aromatic N) is 3. The number of halogens is 1. The van der Waals surface area contributed by atoms with Crippen LogP contribution in [-0.4, -0.2) is 51.7 Å². The van der Waals surface area contributed by atoms with Crippen LogP contribution in [0.25, 0.3) is 0 Å². The van der Waals surface area contributed by atoms with Gasteiger partial charge in [0.15, 0.2) is 10.6 Å². The topological polar surface area (TPSA) is 92.2 Å². The van der Waals surface area contributed by atoms with Crippen molar-refractivity contribution in [3.8, 4) is 5.75 Å². The number of rotatable bonds is 5. The number of piperidine rings is 1. The van der Waals surface area contributed by atoms with Crippen molar-refractivity contribution in [2.75, 3.05) is 20.2 Å². The molecule has 28 heavy (non-hydrogen) atoms. The minimum atomic E-state index is -0.141. The molecule has 2 N–H and O–H groups in total. The average molecular weight is 424 g/mol. The summed E-state index contributed by atoms with van der Waals surface area (Å²) in [6, 6.07) is 4.97. The van der Waals surface area contributed by atoms with Crippen molar-refractivity contribution >= 4 is 35.6 Å². The van der Waals surface area contributed by atoms with Crippen molar-refractivity contribution < 1.29 is 14.3 Å². The van der Waals surface area contributed by atoms with Crippen LogP contribution in [0.2, 0.25) is 5.02 Å². The fourth-order valence-corrected chi connectivity index (χ4v) is 3.53. The Labute approximate surface area is 172 Å². The summed E-state index contributed by atoms with van der Waals surface area (Å²) >= 11 is 11.1. The molecule has 3 rings (SSSR count). The van der Waals surface area contributed by atoms with Crippen molar-refractivity contribution in [3.05, 3.63) is 39.4 Å². The molecule has 0 atom stereocenters. The second-order valence-electron chi connectivity index (χ2n) is 6.63. The van der Waals surface area contributed by atoms with Gasteiger partial charge in [0, 0.05) is 31.1 Å².